The quantitative estimate of drug-likeness (QED) is 0.507. The van der Waals surface area contributed by atoms with Gasteiger partial charge in [-0.3, -0.25) is 9.59 Å². The number of hydrogen-bond donors (Lipinski definition) is 1. The number of carbonyl (C=O) groups is 3. The number of fused-ring (bicyclic) bond motifs is 1. The number of Topliss-reactive ketones (excluding diaryl/α,β-unsaturated/α-hetero) is 1. The SMILES string of the molecule is CCC(=O)Nc1cc(C(=O)OCC(=O)c2cccc3ccccc23)ccc1C. The fourth-order valence-corrected chi connectivity index (χ4v) is 2.88. The van der Waals surface area contributed by atoms with Crippen molar-refractivity contribution in [1.29, 1.82) is 0 Å². The van der Waals surface area contributed by atoms with Crippen LogP contribution >= 0.6 is 0 Å². The lowest BCUT2D eigenvalue weighted by Gasteiger charge is -2.10. The average Bonchev–Trinajstić information content (AvgIpc) is 2.72. The minimum Gasteiger partial charge on any atom is -0.454 e. The van der Waals surface area contributed by atoms with E-state index in [2.05, 4.69) is 5.32 Å². The lowest BCUT2D eigenvalue weighted by molar-refractivity contribution is -0.115. The van der Waals surface area contributed by atoms with E-state index in [1.807, 2.05) is 37.3 Å². The van der Waals surface area contributed by atoms with Crippen LogP contribution in [0.5, 0.6) is 0 Å². The molecule has 5 heteroatoms. The predicted octanol–water partition coefficient (Wildman–Crippen LogP) is 4.54. The zero-order chi connectivity index (χ0) is 20.1. The van der Waals surface area contributed by atoms with E-state index in [1.54, 1.807) is 37.3 Å². The third-order valence-corrected chi connectivity index (χ3v) is 4.49. The van der Waals surface area contributed by atoms with Crippen LogP contribution in [0.25, 0.3) is 10.8 Å². The number of rotatable bonds is 6. The number of hydrogen-bond acceptors (Lipinski definition) is 4. The predicted molar refractivity (Wildman–Crippen MR) is 109 cm³/mol. The highest BCUT2D eigenvalue weighted by Gasteiger charge is 2.15. The Morgan fingerprint density at radius 3 is 2.50 bits per heavy atom. The molecule has 3 aromatic carbocycles. The molecule has 1 N–H and O–H groups in total. The highest BCUT2D eigenvalue weighted by Crippen LogP contribution is 2.20. The molecule has 0 fully saturated rings. The third kappa shape index (κ3) is 4.26. The third-order valence-electron chi connectivity index (χ3n) is 4.49. The Morgan fingerprint density at radius 2 is 1.71 bits per heavy atom. The lowest BCUT2D eigenvalue weighted by Crippen LogP contribution is -2.15. The summed E-state index contributed by atoms with van der Waals surface area (Å²) in [6, 6.07) is 17.9. The molecule has 142 valence electrons. The number of amides is 1. The Morgan fingerprint density at radius 1 is 0.964 bits per heavy atom. The fourth-order valence-electron chi connectivity index (χ4n) is 2.88. The molecule has 0 aromatic heterocycles. The largest absolute Gasteiger partial charge is 0.454 e. The molecule has 0 unspecified atom stereocenters. The normalized spacial score (nSPS) is 10.5. The van der Waals surface area contributed by atoms with Crippen LogP contribution in [-0.4, -0.2) is 24.3 Å². The number of anilines is 1. The first-order valence-electron chi connectivity index (χ1n) is 9.08. The van der Waals surface area contributed by atoms with E-state index in [9.17, 15) is 14.4 Å². The summed E-state index contributed by atoms with van der Waals surface area (Å²) in [5, 5.41) is 4.53. The first-order chi connectivity index (χ1) is 13.5. The van der Waals surface area contributed by atoms with Gasteiger partial charge in [-0.05, 0) is 35.4 Å². The van der Waals surface area contributed by atoms with Gasteiger partial charge in [-0.1, -0.05) is 55.5 Å². The Hall–Kier alpha value is -3.47. The van der Waals surface area contributed by atoms with Gasteiger partial charge < -0.3 is 10.1 Å². The maximum Gasteiger partial charge on any atom is 0.338 e. The number of benzene rings is 3. The van der Waals surface area contributed by atoms with E-state index in [0.29, 0.717) is 17.7 Å². The lowest BCUT2D eigenvalue weighted by atomic mass is 10.0. The van der Waals surface area contributed by atoms with Gasteiger partial charge >= 0.3 is 5.97 Å². The second-order valence-electron chi connectivity index (χ2n) is 6.46. The van der Waals surface area contributed by atoms with Crippen LogP contribution < -0.4 is 5.32 Å². The molecular weight excluding hydrogens is 354 g/mol. The molecule has 0 aliphatic carbocycles. The minimum absolute atomic E-state index is 0.139. The molecule has 5 nitrogen and oxygen atoms in total. The molecule has 3 aromatic rings. The smallest absolute Gasteiger partial charge is 0.338 e. The molecule has 0 spiro atoms. The van der Waals surface area contributed by atoms with Crippen LogP contribution in [0.4, 0.5) is 5.69 Å². The molecule has 0 saturated heterocycles. The van der Waals surface area contributed by atoms with Crippen molar-refractivity contribution < 1.29 is 19.1 Å². The zero-order valence-electron chi connectivity index (χ0n) is 15.8. The van der Waals surface area contributed by atoms with Gasteiger partial charge in [0.25, 0.3) is 0 Å². The van der Waals surface area contributed by atoms with Crippen LogP contribution in [0, 0.1) is 6.92 Å². The van der Waals surface area contributed by atoms with Crippen LogP contribution in [0.15, 0.2) is 60.7 Å². The standard InChI is InChI=1S/C23H21NO4/c1-3-22(26)24-20-13-17(12-11-15(20)2)23(27)28-14-21(25)19-10-6-8-16-7-4-5-9-18(16)19/h4-13H,3,14H2,1-2H3,(H,24,26). The summed E-state index contributed by atoms with van der Waals surface area (Å²) in [6.45, 7) is 3.24. The summed E-state index contributed by atoms with van der Waals surface area (Å²) in [5.74, 6) is -1.02. The number of ketones is 1. The molecule has 0 heterocycles. The van der Waals surface area contributed by atoms with Gasteiger partial charge in [-0.2, -0.15) is 0 Å². The van der Waals surface area contributed by atoms with Crippen molar-refractivity contribution in [2.24, 2.45) is 0 Å². The molecule has 0 saturated carbocycles. The zero-order valence-corrected chi connectivity index (χ0v) is 15.8. The summed E-state index contributed by atoms with van der Waals surface area (Å²) >= 11 is 0. The van der Waals surface area contributed by atoms with Crippen molar-refractivity contribution in [1.82, 2.24) is 0 Å². The molecule has 1 amide bonds. The second-order valence-corrected chi connectivity index (χ2v) is 6.46. The van der Waals surface area contributed by atoms with Crippen molar-refractivity contribution >= 4 is 34.1 Å². The van der Waals surface area contributed by atoms with Gasteiger partial charge in [0.05, 0.1) is 5.56 Å². The first-order valence-corrected chi connectivity index (χ1v) is 9.08. The molecule has 0 aliphatic rings. The number of ether oxygens (including phenoxy) is 1. The minimum atomic E-state index is -0.611. The van der Waals surface area contributed by atoms with E-state index in [1.165, 1.54) is 0 Å². The molecule has 28 heavy (non-hydrogen) atoms. The van der Waals surface area contributed by atoms with Crippen LogP contribution in [0.2, 0.25) is 0 Å². The van der Waals surface area contributed by atoms with E-state index in [4.69, 9.17) is 4.74 Å². The number of aryl methyl sites for hydroxylation is 1. The molecule has 3 rings (SSSR count). The maximum atomic E-state index is 12.6. The van der Waals surface area contributed by atoms with Gasteiger partial charge in [-0.15, -0.1) is 0 Å². The molecule has 0 radical (unpaired) electrons. The van der Waals surface area contributed by atoms with Gasteiger partial charge in [0.1, 0.15) is 0 Å². The number of carbonyl (C=O) groups excluding carboxylic acids is 3. The van der Waals surface area contributed by atoms with Gasteiger partial charge in [0, 0.05) is 17.7 Å². The van der Waals surface area contributed by atoms with E-state index in [0.717, 1.165) is 16.3 Å². The van der Waals surface area contributed by atoms with Crippen LogP contribution in [0.1, 0.15) is 39.6 Å². The monoisotopic (exact) mass is 375 g/mol. The summed E-state index contributed by atoms with van der Waals surface area (Å²) in [5.41, 5.74) is 2.19. The maximum absolute atomic E-state index is 12.6. The van der Waals surface area contributed by atoms with Crippen molar-refractivity contribution in [3.63, 3.8) is 0 Å². The summed E-state index contributed by atoms with van der Waals surface area (Å²) in [6.07, 6.45) is 0.341. The highest BCUT2D eigenvalue weighted by atomic mass is 16.5. The Balaban J connectivity index is 1.72. The molecule has 0 atom stereocenters. The Bertz CT molecular complexity index is 1050. The van der Waals surface area contributed by atoms with E-state index < -0.39 is 5.97 Å². The van der Waals surface area contributed by atoms with Gasteiger partial charge in [0.2, 0.25) is 11.7 Å². The summed E-state index contributed by atoms with van der Waals surface area (Å²) in [7, 11) is 0. The number of esters is 1. The highest BCUT2D eigenvalue weighted by molar-refractivity contribution is 6.09. The molecule has 0 bridgehead atoms. The van der Waals surface area contributed by atoms with Crippen molar-refractivity contribution in [3.05, 3.63) is 77.4 Å². The fraction of sp³-hybridized carbons (Fsp3) is 0.174. The Kier molecular flexibility index (Phi) is 5.84. The van der Waals surface area contributed by atoms with Gasteiger partial charge in [-0.25, -0.2) is 4.79 Å². The second kappa shape index (κ2) is 8.48. The summed E-state index contributed by atoms with van der Waals surface area (Å²) < 4.78 is 5.22. The number of nitrogens with one attached hydrogen (secondary N) is 1. The summed E-state index contributed by atoms with van der Waals surface area (Å²) in [4.78, 5) is 36.6. The Labute approximate surface area is 163 Å². The van der Waals surface area contributed by atoms with Crippen LogP contribution in [0.3, 0.4) is 0 Å². The average molecular weight is 375 g/mol. The molecular formula is C23H21NO4. The van der Waals surface area contributed by atoms with E-state index >= 15 is 0 Å². The topological polar surface area (TPSA) is 72.5 Å². The first kappa shape index (κ1) is 19.3. The van der Waals surface area contributed by atoms with E-state index in [-0.39, 0.29) is 23.9 Å². The van der Waals surface area contributed by atoms with Crippen molar-refractivity contribution in [3.8, 4) is 0 Å². The van der Waals surface area contributed by atoms with Gasteiger partial charge in [0.15, 0.2) is 6.61 Å². The van der Waals surface area contributed by atoms with Crippen molar-refractivity contribution in [2.45, 2.75) is 20.3 Å². The molecule has 0 aliphatic heterocycles. The van der Waals surface area contributed by atoms with Crippen LogP contribution in [-0.2, 0) is 9.53 Å². The van der Waals surface area contributed by atoms with Crippen molar-refractivity contribution in [2.75, 3.05) is 11.9 Å².